The van der Waals surface area contributed by atoms with Crippen LogP contribution in [0.3, 0.4) is 0 Å². The van der Waals surface area contributed by atoms with E-state index in [1.807, 2.05) is 6.92 Å². The molecule has 0 saturated heterocycles. The maximum Gasteiger partial charge on any atom is 0.322 e. The molecule has 0 aromatic carbocycles. The highest BCUT2D eigenvalue weighted by atomic mass is 16.5. The number of hydrogen-bond donors (Lipinski definition) is 2. The van der Waals surface area contributed by atoms with E-state index < -0.39 is 0 Å². The number of nitrogens with one attached hydrogen (secondary N) is 2. The first-order chi connectivity index (χ1) is 8.60. The Morgan fingerprint density at radius 3 is 2.67 bits per heavy atom. The Bertz CT molecular complexity index is 389. The number of nitrogens with zero attached hydrogens (tertiary/aromatic N) is 4. The van der Waals surface area contributed by atoms with Crippen molar-refractivity contribution < 1.29 is 9.53 Å². The van der Waals surface area contributed by atoms with Gasteiger partial charge in [0.2, 0.25) is 17.8 Å². The van der Waals surface area contributed by atoms with Crippen LogP contribution in [0.4, 0.5) is 11.9 Å². The average Bonchev–Trinajstić information content (AvgIpc) is 2.38. The number of methoxy groups -OCH3 is 1. The summed E-state index contributed by atoms with van der Waals surface area (Å²) in [5, 5.41) is 5.51. The predicted molar refractivity (Wildman–Crippen MR) is 67.9 cm³/mol. The molecule has 18 heavy (non-hydrogen) atoms. The van der Waals surface area contributed by atoms with Gasteiger partial charge in [0, 0.05) is 20.6 Å². The first-order valence-corrected chi connectivity index (χ1v) is 5.56. The van der Waals surface area contributed by atoms with Crippen molar-refractivity contribution >= 4 is 17.8 Å². The van der Waals surface area contributed by atoms with Gasteiger partial charge in [0.25, 0.3) is 0 Å². The number of ether oxygens (including phenoxy) is 1. The molecule has 1 aromatic heterocycles. The Morgan fingerprint density at radius 1 is 1.39 bits per heavy atom. The molecular formula is C10H18N6O2. The van der Waals surface area contributed by atoms with E-state index in [1.165, 1.54) is 7.11 Å². The summed E-state index contributed by atoms with van der Waals surface area (Å²) in [6, 6.07) is 0.201. The summed E-state index contributed by atoms with van der Waals surface area (Å²) in [5.41, 5.74) is 0. The lowest BCUT2D eigenvalue weighted by molar-refractivity contribution is -0.119. The number of rotatable bonds is 6. The first kappa shape index (κ1) is 13.9. The van der Waals surface area contributed by atoms with Gasteiger partial charge in [0.1, 0.15) is 0 Å². The molecule has 8 nitrogen and oxygen atoms in total. The number of anilines is 2. The van der Waals surface area contributed by atoms with E-state index in [9.17, 15) is 4.79 Å². The Labute approximate surface area is 106 Å². The SMILES string of the molecule is CCNC(=O)CN(C)c1nc(NC)nc(OC)n1. The molecule has 0 bridgehead atoms. The predicted octanol–water partition coefficient (Wildman–Crippen LogP) is -0.506. The number of aromatic nitrogens is 3. The third-order valence-electron chi connectivity index (χ3n) is 2.11. The van der Waals surface area contributed by atoms with Crippen LogP contribution in [-0.2, 0) is 4.79 Å². The van der Waals surface area contributed by atoms with Crippen LogP contribution in [0.2, 0.25) is 0 Å². The maximum atomic E-state index is 11.5. The van der Waals surface area contributed by atoms with Crippen LogP contribution in [0, 0.1) is 0 Å². The fraction of sp³-hybridized carbons (Fsp3) is 0.600. The van der Waals surface area contributed by atoms with Gasteiger partial charge in [-0.25, -0.2) is 0 Å². The van der Waals surface area contributed by atoms with Crippen molar-refractivity contribution in [1.82, 2.24) is 20.3 Å². The fourth-order valence-corrected chi connectivity index (χ4v) is 1.26. The van der Waals surface area contributed by atoms with Crippen LogP contribution >= 0.6 is 0 Å². The highest BCUT2D eigenvalue weighted by Crippen LogP contribution is 2.12. The first-order valence-electron chi connectivity index (χ1n) is 5.56. The van der Waals surface area contributed by atoms with Crippen molar-refractivity contribution in [2.45, 2.75) is 6.92 Å². The Morgan fingerprint density at radius 2 is 2.11 bits per heavy atom. The molecule has 0 aliphatic rings. The molecule has 0 saturated carbocycles. The summed E-state index contributed by atoms with van der Waals surface area (Å²) in [6.45, 7) is 2.63. The quantitative estimate of drug-likeness (QED) is 0.706. The summed E-state index contributed by atoms with van der Waals surface area (Å²) < 4.78 is 4.97. The van der Waals surface area contributed by atoms with Crippen molar-refractivity contribution in [2.75, 3.05) is 44.5 Å². The summed E-state index contributed by atoms with van der Waals surface area (Å²) in [7, 11) is 4.90. The van der Waals surface area contributed by atoms with Gasteiger partial charge < -0.3 is 20.3 Å². The molecule has 1 aromatic rings. The lowest BCUT2D eigenvalue weighted by atomic mass is 10.5. The second-order valence-corrected chi connectivity index (χ2v) is 3.51. The molecule has 1 rings (SSSR count). The van der Waals surface area contributed by atoms with Gasteiger partial charge in [-0.05, 0) is 6.92 Å². The van der Waals surface area contributed by atoms with E-state index in [4.69, 9.17) is 4.74 Å². The Balaban J connectivity index is 2.83. The van der Waals surface area contributed by atoms with Crippen LogP contribution in [0.15, 0.2) is 0 Å². The minimum absolute atomic E-state index is 0.0922. The van der Waals surface area contributed by atoms with Crippen molar-refractivity contribution in [3.05, 3.63) is 0 Å². The zero-order valence-electron chi connectivity index (χ0n) is 11.0. The molecule has 100 valence electrons. The van der Waals surface area contributed by atoms with Gasteiger partial charge in [-0.3, -0.25) is 4.79 Å². The van der Waals surface area contributed by atoms with Crippen LogP contribution in [-0.4, -0.2) is 55.2 Å². The van der Waals surface area contributed by atoms with Crippen molar-refractivity contribution in [3.8, 4) is 6.01 Å². The number of likely N-dealkylation sites (N-methyl/N-ethyl adjacent to an activating group) is 2. The minimum Gasteiger partial charge on any atom is -0.467 e. The average molecular weight is 254 g/mol. The van der Waals surface area contributed by atoms with Gasteiger partial charge in [-0.1, -0.05) is 0 Å². The van der Waals surface area contributed by atoms with E-state index >= 15 is 0 Å². The second kappa shape index (κ2) is 6.58. The number of carbonyl (C=O) groups is 1. The Kier molecular flexibility index (Phi) is 5.09. The van der Waals surface area contributed by atoms with E-state index in [0.29, 0.717) is 18.4 Å². The molecule has 0 aliphatic carbocycles. The molecule has 2 N–H and O–H groups in total. The summed E-state index contributed by atoms with van der Waals surface area (Å²) in [4.78, 5) is 25.3. The van der Waals surface area contributed by atoms with Gasteiger partial charge in [-0.15, -0.1) is 0 Å². The molecular weight excluding hydrogens is 236 g/mol. The van der Waals surface area contributed by atoms with Crippen molar-refractivity contribution in [1.29, 1.82) is 0 Å². The number of hydrogen-bond acceptors (Lipinski definition) is 7. The van der Waals surface area contributed by atoms with Gasteiger partial charge in [-0.2, -0.15) is 15.0 Å². The molecule has 0 radical (unpaired) electrons. The van der Waals surface area contributed by atoms with Crippen LogP contribution in [0.5, 0.6) is 6.01 Å². The maximum absolute atomic E-state index is 11.5. The normalized spacial score (nSPS) is 9.78. The molecule has 0 spiro atoms. The minimum atomic E-state index is -0.0922. The van der Waals surface area contributed by atoms with Crippen molar-refractivity contribution in [2.24, 2.45) is 0 Å². The largest absolute Gasteiger partial charge is 0.467 e. The summed E-state index contributed by atoms with van der Waals surface area (Å²) >= 11 is 0. The lowest BCUT2D eigenvalue weighted by Gasteiger charge is -2.17. The molecule has 1 amide bonds. The van der Waals surface area contributed by atoms with Crippen LogP contribution in [0.25, 0.3) is 0 Å². The molecule has 8 heteroatoms. The number of amides is 1. The molecule has 0 fully saturated rings. The van der Waals surface area contributed by atoms with E-state index in [2.05, 4.69) is 25.6 Å². The zero-order valence-corrected chi connectivity index (χ0v) is 11.0. The summed E-state index contributed by atoms with van der Waals surface area (Å²) in [6.07, 6.45) is 0. The van der Waals surface area contributed by atoms with E-state index in [-0.39, 0.29) is 18.5 Å². The Hall–Kier alpha value is -2.12. The lowest BCUT2D eigenvalue weighted by Crippen LogP contribution is -2.35. The highest BCUT2D eigenvalue weighted by molar-refractivity contribution is 5.80. The zero-order chi connectivity index (χ0) is 13.5. The van der Waals surface area contributed by atoms with Gasteiger partial charge in [0.15, 0.2) is 0 Å². The molecule has 0 atom stereocenters. The van der Waals surface area contributed by atoms with Crippen LogP contribution in [0.1, 0.15) is 6.92 Å². The van der Waals surface area contributed by atoms with E-state index in [1.54, 1.807) is 19.0 Å². The van der Waals surface area contributed by atoms with Gasteiger partial charge >= 0.3 is 6.01 Å². The molecule has 0 unspecified atom stereocenters. The number of carbonyl (C=O) groups excluding carboxylic acids is 1. The third-order valence-corrected chi connectivity index (χ3v) is 2.11. The second-order valence-electron chi connectivity index (χ2n) is 3.51. The van der Waals surface area contributed by atoms with Crippen molar-refractivity contribution in [3.63, 3.8) is 0 Å². The standard InChI is InChI=1S/C10H18N6O2/c1-5-12-7(17)6-16(3)9-13-8(11-2)14-10(15-9)18-4/h5-6H2,1-4H3,(H,12,17)(H,11,13,14,15). The van der Waals surface area contributed by atoms with E-state index in [0.717, 1.165) is 0 Å². The third kappa shape index (κ3) is 3.72. The molecule has 1 heterocycles. The highest BCUT2D eigenvalue weighted by Gasteiger charge is 2.12. The molecule has 0 aliphatic heterocycles. The smallest absolute Gasteiger partial charge is 0.322 e. The summed E-state index contributed by atoms with van der Waals surface area (Å²) in [5.74, 6) is 0.669. The fourth-order valence-electron chi connectivity index (χ4n) is 1.26. The van der Waals surface area contributed by atoms with Gasteiger partial charge in [0.05, 0.1) is 13.7 Å². The topological polar surface area (TPSA) is 92.3 Å². The van der Waals surface area contributed by atoms with Crippen LogP contribution < -0.4 is 20.3 Å². The monoisotopic (exact) mass is 254 g/mol.